The minimum absolute atomic E-state index is 1.31. The Balaban J connectivity index is 1.68. The van der Waals surface area contributed by atoms with Crippen LogP contribution in [0.5, 0.6) is 0 Å². The van der Waals surface area contributed by atoms with Crippen LogP contribution in [0.25, 0.3) is 9.40 Å². The van der Waals surface area contributed by atoms with Gasteiger partial charge in [-0.1, -0.05) is 129 Å². The molecular weight excluding hydrogens is 448 g/mol. The molecule has 0 aliphatic heterocycles. The number of rotatable bonds is 22. The molecule has 0 bridgehead atoms. The van der Waals surface area contributed by atoms with Crippen molar-refractivity contribution >= 4 is 32.1 Å². The SMILES string of the molecule is CCCCCCCCCCCCc1c(C)sc2sc(C)c(CCCCCCCCCCCC)c12. The van der Waals surface area contributed by atoms with E-state index in [1.807, 2.05) is 0 Å². The molecule has 0 aliphatic rings. The van der Waals surface area contributed by atoms with Crippen LogP contribution < -0.4 is 0 Å². The molecule has 2 aromatic heterocycles. The third-order valence-corrected chi connectivity index (χ3v) is 10.1. The van der Waals surface area contributed by atoms with Gasteiger partial charge in [0.1, 0.15) is 0 Å². The summed E-state index contributed by atoms with van der Waals surface area (Å²) in [5.74, 6) is 0. The molecular formula is C32H56S2. The highest BCUT2D eigenvalue weighted by atomic mass is 32.2. The van der Waals surface area contributed by atoms with Gasteiger partial charge in [-0.2, -0.15) is 0 Å². The van der Waals surface area contributed by atoms with E-state index in [1.165, 1.54) is 141 Å². The summed E-state index contributed by atoms with van der Waals surface area (Å²) < 4.78 is 1.61. The molecule has 0 nitrogen and oxygen atoms in total. The van der Waals surface area contributed by atoms with E-state index in [2.05, 4.69) is 50.4 Å². The number of unbranched alkanes of at least 4 members (excludes halogenated alkanes) is 18. The molecule has 2 heterocycles. The molecule has 0 unspecified atom stereocenters. The molecule has 0 radical (unpaired) electrons. The number of hydrogen-bond acceptors (Lipinski definition) is 2. The summed E-state index contributed by atoms with van der Waals surface area (Å²) in [7, 11) is 0. The maximum absolute atomic E-state index is 2.38. The predicted molar refractivity (Wildman–Crippen MR) is 160 cm³/mol. The zero-order chi connectivity index (χ0) is 24.4. The molecule has 2 heteroatoms. The molecule has 0 aromatic carbocycles. The average Bonchev–Trinajstić information content (AvgIpc) is 3.29. The van der Waals surface area contributed by atoms with E-state index in [1.54, 1.807) is 30.3 Å². The van der Waals surface area contributed by atoms with Gasteiger partial charge in [-0.05, 0) is 50.7 Å². The Morgan fingerprint density at radius 1 is 0.412 bits per heavy atom. The van der Waals surface area contributed by atoms with Gasteiger partial charge in [0.25, 0.3) is 0 Å². The van der Waals surface area contributed by atoms with Crippen LogP contribution >= 0.6 is 22.7 Å². The van der Waals surface area contributed by atoms with Gasteiger partial charge >= 0.3 is 0 Å². The molecule has 0 saturated heterocycles. The second-order valence-corrected chi connectivity index (χ2v) is 13.5. The fraction of sp³-hybridized carbons (Fsp3) is 0.812. The summed E-state index contributed by atoms with van der Waals surface area (Å²) in [6.07, 6.45) is 31.2. The third-order valence-electron chi connectivity index (χ3n) is 7.71. The van der Waals surface area contributed by atoms with Gasteiger partial charge in [-0.25, -0.2) is 0 Å². The molecule has 0 atom stereocenters. The minimum atomic E-state index is 1.31. The van der Waals surface area contributed by atoms with Crippen molar-refractivity contribution in [2.24, 2.45) is 0 Å². The quantitative estimate of drug-likeness (QED) is 0.140. The summed E-state index contributed by atoms with van der Waals surface area (Å²) in [4.78, 5) is 3.20. The van der Waals surface area contributed by atoms with E-state index in [4.69, 9.17) is 0 Å². The number of aryl methyl sites for hydroxylation is 4. The van der Waals surface area contributed by atoms with Crippen LogP contribution in [0.15, 0.2) is 0 Å². The Morgan fingerprint density at radius 3 is 1.03 bits per heavy atom. The van der Waals surface area contributed by atoms with E-state index in [0.29, 0.717) is 0 Å². The Morgan fingerprint density at radius 2 is 0.706 bits per heavy atom. The maximum Gasteiger partial charge on any atom is 0.0876 e. The van der Waals surface area contributed by atoms with Crippen LogP contribution in [-0.2, 0) is 12.8 Å². The van der Waals surface area contributed by atoms with E-state index >= 15 is 0 Å². The van der Waals surface area contributed by atoms with Crippen molar-refractivity contribution in [3.8, 4) is 0 Å². The standard InChI is InChI=1S/C32H56S2/c1-5-7-9-11-13-15-17-19-21-23-25-29-27(3)33-32-31(29)30(28(4)34-32)26-24-22-20-18-16-14-12-10-8-6-2/h5-26H2,1-4H3. The topological polar surface area (TPSA) is 0 Å². The normalized spacial score (nSPS) is 11.8. The first-order valence-corrected chi connectivity index (χ1v) is 16.8. The van der Waals surface area contributed by atoms with Crippen LogP contribution in [-0.4, -0.2) is 0 Å². The Labute approximate surface area is 221 Å². The summed E-state index contributed by atoms with van der Waals surface area (Å²) in [5, 5.41) is 1.69. The molecule has 34 heavy (non-hydrogen) atoms. The number of hydrogen-bond donors (Lipinski definition) is 0. The second kappa shape index (κ2) is 18.9. The summed E-state index contributed by atoms with van der Waals surface area (Å²) in [5.41, 5.74) is 3.43. The van der Waals surface area contributed by atoms with Crippen molar-refractivity contribution in [2.45, 2.75) is 169 Å². The zero-order valence-corrected chi connectivity index (χ0v) is 25.0. The van der Waals surface area contributed by atoms with E-state index in [9.17, 15) is 0 Å². The summed E-state index contributed by atoms with van der Waals surface area (Å²) in [6.45, 7) is 9.37. The highest BCUT2D eigenvalue weighted by molar-refractivity contribution is 7.38. The van der Waals surface area contributed by atoms with Gasteiger partial charge in [-0.15, -0.1) is 22.7 Å². The number of thiophene rings is 2. The fourth-order valence-electron chi connectivity index (χ4n) is 5.49. The van der Waals surface area contributed by atoms with Crippen molar-refractivity contribution in [2.75, 3.05) is 0 Å². The minimum Gasteiger partial charge on any atom is -0.129 e. The van der Waals surface area contributed by atoms with Crippen molar-refractivity contribution in [1.29, 1.82) is 0 Å². The highest BCUT2D eigenvalue weighted by Gasteiger charge is 2.17. The third kappa shape index (κ3) is 11.2. The first kappa shape index (κ1) is 29.9. The molecule has 196 valence electrons. The molecule has 0 N–H and O–H groups in total. The zero-order valence-electron chi connectivity index (χ0n) is 23.4. The van der Waals surface area contributed by atoms with E-state index in [-0.39, 0.29) is 0 Å². The van der Waals surface area contributed by atoms with Crippen LogP contribution in [0.2, 0.25) is 0 Å². The van der Waals surface area contributed by atoms with Crippen molar-refractivity contribution < 1.29 is 0 Å². The molecule has 0 amide bonds. The smallest absolute Gasteiger partial charge is 0.0876 e. The van der Waals surface area contributed by atoms with Gasteiger partial charge in [-0.3, -0.25) is 0 Å². The van der Waals surface area contributed by atoms with Crippen molar-refractivity contribution in [3.05, 3.63) is 20.9 Å². The van der Waals surface area contributed by atoms with Crippen molar-refractivity contribution in [3.63, 3.8) is 0 Å². The molecule has 0 aliphatic carbocycles. The lowest BCUT2D eigenvalue weighted by atomic mass is 9.98. The predicted octanol–water partition coefficient (Wildman–Crippen LogP) is 12.5. The van der Waals surface area contributed by atoms with Crippen LogP contribution in [0, 0.1) is 13.8 Å². The molecule has 2 aromatic rings. The number of fused-ring (bicyclic) bond motifs is 1. The first-order chi connectivity index (χ1) is 16.7. The largest absolute Gasteiger partial charge is 0.129 e. The van der Waals surface area contributed by atoms with E-state index < -0.39 is 0 Å². The monoisotopic (exact) mass is 504 g/mol. The molecule has 0 saturated carbocycles. The second-order valence-electron chi connectivity index (χ2n) is 10.8. The Hall–Kier alpha value is -0.340. The average molecular weight is 505 g/mol. The van der Waals surface area contributed by atoms with Crippen LogP contribution in [0.1, 0.15) is 163 Å². The van der Waals surface area contributed by atoms with Gasteiger partial charge in [0.05, 0.1) is 4.01 Å². The maximum atomic E-state index is 2.38. The lowest BCUT2D eigenvalue weighted by molar-refractivity contribution is 0.556. The first-order valence-electron chi connectivity index (χ1n) is 15.2. The lowest BCUT2D eigenvalue weighted by Crippen LogP contribution is -1.92. The van der Waals surface area contributed by atoms with Gasteiger partial charge < -0.3 is 0 Å². The lowest BCUT2D eigenvalue weighted by Gasteiger charge is -2.07. The van der Waals surface area contributed by atoms with Gasteiger partial charge in [0.15, 0.2) is 0 Å². The summed E-state index contributed by atoms with van der Waals surface area (Å²) in [6, 6.07) is 0. The Bertz CT molecular complexity index is 691. The molecule has 0 fully saturated rings. The molecule has 2 rings (SSSR count). The summed E-state index contributed by atoms with van der Waals surface area (Å²) >= 11 is 4.14. The Kier molecular flexibility index (Phi) is 16.6. The molecule has 0 spiro atoms. The van der Waals surface area contributed by atoms with Crippen LogP contribution in [0.4, 0.5) is 0 Å². The van der Waals surface area contributed by atoms with Gasteiger partial charge in [0.2, 0.25) is 0 Å². The van der Waals surface area contributed by atoms with Crippen molar-refractivity contribution in [1.82, 2.24) is 0 Å². The van der Waals surface area contributed by atoms with Gasteiger partial charge in [0, 0.05) is 15.1 Å². The fourth-order valence-corrected chi connectivity index (χ4v) is 8.31. The van der Waals surface area contributed by atoms with E-state index in [0.717, 1.165) is 0 Å². The van der Waals surface area contributed by atoms with Crippen LogP contribution in [0.3, 0.4) is 0 Å². The highest BCUT2D eigenvalue weighted by Crippen LogP contribution is 2.42.